The molecule has 1 aliphatic heterocycles. The number of benzene rings is 3. The molecule has 1 fully saturated rings. The van der Waals surface area contributed by atoms with Gasteiger partial charge in [-0.3, -0.25) is 4.57 Å². The predicted octanol–water partition coefficient (Wildman–Crippen LogP) is 7.31. The number of esters is 1. The molecule has 2 aliphatic rings. The van der Waals surface area contributed by atoms with Gasteiger partial charge in [-0.05, 0) is 61.4 Å². The molecule has 1 aliphatic carbocycles. The molecule has 0 spiro atoms. The highest BCUT2D eigenvalue weighted by atomic mass is 16.8. The Morgan fingerprint density at radius 2 is 1.71 bits per heavy atom. The van der Waals surface area contributed by atoms with Gasteiger partial charge in [-0.25, -0.2) is 14.6 Å². The number of amidine groups is 1. The molecule has 45 heavy (non-hydrogen) atoms. The predicted molar refractivity (Wildman–Crippen MR) is 167 cm³/mol. The van der Waals surface area contributed by atoms with Gasteiger partial charge in [0.25, 0.3) is 6.01 Å². The van der Waals surface area contributed by atoms with Crippen molar-refractivity contribution in [2.24, 2.45) is 15.2 Å². The molecule has 6 rings (SSSR count). The van der Waals surface area contributed by atoms with Crippen molar-refractivity contribution in [2.45, 2.75) is 64.9 Å². The molecule has 4 aromatic rings. The summed E-state index contributed by atoms with van der Waals surface area (Å²) in [7, 11) is 0. The first-order chi connectivity index (χ1) is 22.0. The van der Waals surface area contributed by atoms with Crippen molar-refractivity contribution in [3.05, 3.63) is 83.4 Å². The van der Waals surface area contributed by atoms with Gasteiger partial charge in [0.15, 0.2) is 12.5 Å². The smallest absolute Gasteiger partial charge is 0.465 e. The molecule has 0 amide bonds. The molecular formula is C34H35N5O6. The normalized spacial score (nSPS) is 15.5. The van der Waals surface area contributed by atoms with E-state index in [0.29, 0.717) is 42.7 Å². The maximum absolute atomic E-state index is 13.4. The summed E-state index contributed by atoms with van der Waals surface area (Å²) >= 11 is 0. The van der Waals surface area contributed by atoms with E-state index < -0.39 is 18.4 Å². The number of fused-ring (bicyclic) bond motifs is 1. The van der Waals surface area contributed by atoms with Crippen molar-refractivity contribution in [3.8, 4) is 17.1 Å². The number of azo groups is 1. The number of nitrogens with zero attached hydrogens (tertiary/aromatic N) is 5. The highest BCUT2D eigenvalue weighted by Gasteiger charge is 2.25. The van der Waals surface area contributed by atoms with Crippen molar-refractivity contribution < 1.29 is 28.5 Å². The lowest BCUT2D eigenvalue weighted by molar-refractivity contribution is -0.0914. The molecule has 3 aromatic carbocycles. The van der Waals surface area contributed by atoms with Crippen LogP contribution in [0.25, 0.3) is 22.2 Å². The monoisotopic (exact) mass is 609 g/mol. The van der Waals surface area contributed by atoms with Crippen LogP contribution in [0, 0.1) is 0 Å². The summed E-state index contributed by atoms with van der Waals surface area (Å²) in [5, 5.41) is 8.17. The van der Waals surface area contributed by atoms with Crippen LogP contribution >= 0.6 is 0 Å². The van der Waals surface area contributed by atoms with E-state index >= 15 is 0 Å². The largest absolute Gasteiger partial charge is 0.511 e. The minimum Gasteiger partial charge on any atom is -0.465 e. The topological polar surface area (TPSA) is 126 Å². The van der Waals surface area contributed by atoms with Crippen molar-refractivity contribution in [3.63, 3.8) is 0 Å². The van der Waals surface area contributed by atoms with Crippen molar-refractivity contribution in [1.82, 2.24) is 9.55 Å². The van der Waals surface area contributed by atoms with Gasteiger partial charge in [0.1, 0.15) is 6.10 Å². The first kappa shape index (κ1) is 30.0. The van der Waals surface area contributed by atoms with Crippen LogP contribution in [0.4, 0.5) is 4.79 Å². The van der Waals surface area contributed by atoms with Gasteiger partial charge < -0.3 is 18.9 Å². The molecule has 1 atom stereocenters. The molecule has 1 aromatic heterocycles. The Kier molecular flexibility index (Phi) is 9.14. The van der Waals surface area contributed by atoms with Gasteiger partial charge in [0, 0.05) is 12.5 Å². The summed E-state index contributed by atoms with van der Waals surface area (Å²) in [6.45, 7) is 4.50. The molecule has 1 unspecified atom stereocenters. The number of ether oxygens (including phenoxy) is 4. The summed E-state index contributed by atoms with van der Waals surface area (Å²) in [4.78, 5) is 34.7. The first-order valence-electron chi connectivity index (χ1n) is 15.3. The molecule has 0 N–H and O–H groups in total. The number of rotatable bonds is 10. The van der Waals surface area contributed by atoms with E-state index in [4.69, 9.17) is 18.9 Å². The molecular weight excluding hydrogens is 574 g/mol. The second-order valence-corrected chi connectivity index (χ2v) is 10.9. The number of aromatic nitrogens is 2. The summed E-state index contributed by atoms with van der Waals surface area (Å²) in [6.07, 6.45) is 2.67. The number of aliphatic imine (C=N–C) groups is 1. The third-order valence-corrected chi connectivity index (χ3v) is 7.80. The number of carbonyl (C=O) groups excluding carboxylic acids is 2. The molecule has 0 radical (unpaired) electrons. The van der Waals surface area contributed by atoms with Gasteiger partial charge in [-0.1, -0.05) is 61.0 Å². The zero-order chi connectivity index (χ0) is 31.2. The second kappa shape index (κ2) is 13.7. The van der Waals surface area contributed by atoms with Crippen LogP contribution in [-0.4, -0.2) is 53.2 Å². The zero-order valence-electron chi connectivity index (χ0n) is 25.3. The maximum Gasteiger partial charge on any atom is 0.511 e. The molecule has 0 saturated heterocycles. The molecule has 0 bridgehead atoms. The summed E-state index contributed by atoms with van der Waals surface area (Å²) in [6, 6.07) is 21.7. The number of hydrogen-bond acceptors (Lipinski definition) is 10. The van der Waals surface area contributed by atoms with E-state index in [9.17, 15) is 9.59 Å². The fourth-order valence-corrected chi connectivity index (χ4v) is 5.71. The van der Waals surface area contributed by atoms with E-state index in [1.165, 1.54) is 6.92 Å². The quantitative estimate of drug-likeness (QED) is 0.136. The fraction of sp³-hybridized carbons (Fsp3) is 0.353. The SMILES string of the molecule is CCOc1nc2cccc(C(=O)OC(C)OC(=O)OC3CCCCC3)c2n1Cc1ccc(-c2ccccc2C2=NCN=N2)cc1. The Morgan fingerprint density at radius 1 is 0.933 bits per heavy atom. The van der Waals surface area contributed by atoms with Crippen LogP contribution in [0.1, 0.15) is 67.4 Å². The van der Waals surface area contributed by atoms with Gasteiger partial charge >= 0.3 is 12.1 Å². The molecule has 11 heteroatoms. The van der Waals surface area contributed by atoms with Crippen LogP contribution in [0.15, 0.2) is 82.0 Å². The van der Waals surface area contributed by atoms with Gasteiger partial charge in [-0.2, -0.15) is 10.1 Å². The summed E-state index contributed by atoms with van der Waals surface area (Å²) < 4.78 is 23.9. The zero-order valence-corrected chi connectivity index (χ0v) is 25.3. The van der Waals surface area contributed by atoms with E-state index in [2.05, 4.69) is 20.2 Å². The lowest BCUT2D eigenvalue weighted by atomic mass is 9.98. The number of para-hydroxylation sites is 1. The standard InChI is InChI=1S/C34H35N5O6/c1-3-42-33-37-29-15-9-14-28(32(40)43-22(2)44-34(41)45-25-10-5-4-6-11-25)30(29)39(33)20-23-16-18-24(19-17-23)26-12-7-8-13-27(26)31-35-21-36-38-31/h7-9,12-19,22,25H,3-6,10-11,20-21H2,1-2H3. The van der Waals surface area contributed by atoms with Crippen molar-refractivity contribution in [2.75, 3.05) is 13.3 Å². The van der Waals surface area contributed by atoms with Crippen molar-refractivity contribution in [1.29, 1.82) is 0 Å². The lowest BCUT2D eigenvalue weighted by Crippen LogP contribution is -2.26. The first-order valence-corrected chi connectivity index (χ1v) is 15.3. The van der Waals surface area contributed by atoms with Crippen LogP contribution in [0.2, 0.25) is 0 Å². The Labute approximate surface area is 260 Å². The molecule has 232 valence electrons. The molecule has 2 heterocycles. The minimum atomic E-state index is -1.14. The molecule has 11 nitrogen and oxygen atoms in total. The Morgan fingerprint density at radius 3 is 2.44 bits per heavy atom. The average Bonchev–Trinajstić information content (AvgIpc) is 3.71. The van der Waals surface area contributed by atoms with Crippen molar-refractivity contribution >= 4 is 29.0 Å². The van der Waals surface area contributed by atoms with Gasteiger partial charge in [-0.15, -0.1) is 5.11 Å². The summed E-state index contributed by atoms with van der Waals surface area (Å²) in [5.41, 5.74) is 5.33. The molecule has 1 saturated carbocycles. The highest BCUT2D eigenvalue weighted by molar-refractivity contribution is 6.05. The van der Waals surface area contributed by atoms with Gasteiger partial charge in [0.05, 0.1) is 29.7 Å². The van der Waals surface area contributed by atoms with Crippen LogP contribution in [0.5, 0.6) is 6.01 Å². The van der Waals surface area contributed by atoms with E-state index in [0.717, 1.165) is 54.4 Å². The minimum absolute atomic E-state index is 0.161. The Hall–Kier alpha value is -5.06. The third-order valence-electron chi connectivity index (χ3n) is 7.80. The Bertz CT molecular complexity index is 1740. The number of hydrogen-bond donors (Lipinski definition) is 0. The maximum atomic E-state index is 13.4. The number of imidazole rings is 1. The summed E-state index contributed by atoms with van der Waals surface area (Å²) in [5.74, 6) is -0.0251. The van der Waals surface area contributed by atoms with E-state index in [-0.39, 0.29) is 11.7 Å². The highest BCUT2D eigenvalue weighted by Crippen LogP contribution is 2.30. The lowest BCUT2D eigenvalue weighted by Gasteiger charge is -2.22. The Balaban J connectivity index is 1.22. The van der Waals surface area contributed by atoms with Crippen LogP contribution < -0.4 is 4.74 Å². The fourth-order valence-electron chi connectivity index (χ4n) is 5.71. The average molecular weight is 610 g/mol. The van der Waals surface area contributed by atoms with Crippen LogP contribution in [0.3, 0.4) is 0 Å². The van der Waals surface area contributed by atoms with E-state index in [1.54, 1.807) is 12.1 Å². The second-order valence-electron chi connectivity index (χ2n) is 10.9. The van der Waals surface area contributed by atoms with Crippen LogP contribution in [-0.2, 0) is 20.8 Å². The number of carbonyl (C=O) groups is 2. The van der Waals surface area contributed by atoms with Gasteiger partial charge in [0.2, 0.25) is 6.29 Å². The van der Waals surface area contributed by atoms with E-state index in [1.807, 2.05) is 66.1 Å². The third kappa shape index (κ3) is 6.87.